The summed E-state index contributed by atoms with van der Waals surface area (Å²) >= 11 is 0. The van der Waals surface area contributed by atoms with Crippen LogP contribution in [-0.2, 0) is 7.05 Å². The number of nitrogens with two attached hydrogens (primary N) is 1. The molecule has 2 heterocycles. The lowest BCUT2D eigenvalue weighted by atomic mass is 10.3. The summed E-state index contributed by atoms with van der Waals surface area (Å²) in [6.07, 6.45) is 3.37. The SMILES string of the molecule is Cc1nc(NN)c(C)c(Oc2cnn(C)c2)n1. The molecule has 90 valence electrons. The average molecular weight is 234 g/mol. The molecule has 3 N–H and O–H groups in total. The van der Waals surface area contributed by atoms with Gasteiger partial charge < -0.3 is 10.2 Å². The minimum absolute atomic E-state index is 0.471. The molecule has 0 fully saturated rings. The number of aromatic nitrogens is 4. The molecule has 2 rings (SSSR count). The Hall–Kier alpha value is -2.15. The fourth-order valence-corrected chi connectivity index (χ4v) is 1.41. The molecule has 0 amide bonds. The molecule has 7 nitrogen and oxygen atoms in total. The van der Waals surface area contributed by atoms with Crippen LogP contribution < -0.4 is 16.0 Å². The summed E-state index contributed by atoms with van der Waals surface area (Å²) in [6, 6.07) is 0. The minimum Gasteiger partial charge on any atom is -0.435 e. The first-order valence-corrected chi connectivity index (χ1v) is 5.08. The maximum absolute atomic E-state index is 5.62. The Kier molecular flexibility index (Phi) is 2.92. The van der Waals surface area contributed by atoms with Crippen molar-refractivity contribution in [2.45, 2.75) is 13.8 Å². The smallest absolute Gasteiger partial charge is 0.227 e. The summed E-state index contributed by atoms with van der Waals surface area (Å²) in [5.41, 5.74) is 3.27. The van der Waals surface area contributed by atoms with Crippen LogP contribution in [0.15, 0.2) is 12.4 Å². The summed E-state index contributed by atoms with van der Waals surface area (Å²) < 4.78 is 7.28. The second kappa shape index (κ2) is 4.38. The van der Waals surface area contributed by atoms with Gasteiger partial charge in [-0.1, -0.05) is 0 Å². The quantitative estimate of drug-likeness (QED) is 0.605. The standard InChI is InChI=1S/C10H14N6O/c1-6-9(15-11)13-7(2)14-10(6)17-8-4-12-16(3)5-8/h4-5H,11H2,1-3H3,(H,13,14,15). The van der Waals surface area contributed by atoms with Crippen LogP contribution in [0.3, 0.4) is 0 Å². The first-order chi connectivity index (χ1) is 8.10. The molecular formula is C10H14N6O. The average Bonchev–Trinajstić information content (AvgIpc) is 2.69. The molecule has 17 heavy (non-hydrogen) atoms. The summed E-state index contributed by atoms with van der Waals surface area (Å²) in [5.74, 6) is 7.60. The molecule has 0 saturated heterocycles. The maximum Gasteiger partial charge on any atom is 0.227 e. The predicted molar refractivity (Wildman–Crippen MR) is 62.6 cm³/mol. The summed E-state index contributed by atoms with van der Waals surface area (Å²) in [4.78, 5) is 8.37. The molecule has 2 aromatic rings. The van der Waals surface area contributed by atoms with E-state index in [2.05, 4.69) is 20.5 Å². The molecular weight excluding hydrogens is 220 g/mol. The summed E-state index contributed by atoms with van der Waals surface area (Å²) in [5, 5.41) is 4.02. The van der Waals surface area contributed by atoms with Gasteiger partial charge in [-0.25, -0.2) is 10.8 Å². The second-order valence-electron chi connectivity index (χ2n) is 3.65. The van der Waals surface area contributed by atoms with Crippen LogP contribution >= 0.6 is 0 Å². The van der Waals surface area contributed by atoms with Gasteiger partial charge in [-0.05, 0) is 13.8 Å². The first-order valence-electron chi connectivity index (χ1n) is 5.08. The van der Waals surface area contributed by atoms with Crippen LogP contribution in [0.25, 0.3) is 0 Å². The van der Waals surface area contributed by atoms with E-state index >= 15 is 0 Å². The van der Waals surface area contributed by atoms with Crippen molar-refractivity contribution in [1.82, 2.24) is 19.7 Å². The molecule has 0 unspecified atom stereocenters. The molecule has 0 aliphatic heterocycles. The molecule has 7 heteroatoms. The largest absolute Gasteiger partial charge is 0.435 e. The van der Waals surface area contributed by atoms with Crippen molar-refractivity contribution in [3.63, 3.8) is 0 Å². The van der Waals surface area contributed by atoms with Crippen molar-refractivity contribution in [3.05, 3.63) is 23.8 Å². The lowest BCUT2D eigenvalue weighted by Gasteiger charge is -2.09. The zero-order valence-electron chi connectivity index (χ0n) is 9.93. The number of anilines is 1. The Morgan fingerprint density at radius 3 is 2.71 bits per heavy atom. The predicted octanol–water partition coefficient (Wildman–Crippen LogP) is 0.905. The van der Waals surface area contributed by atoms with Gasteiger partial charge in [-0.2, -0.15) is 10.1 Å². The van der Waals surface area contributed by atoms with Crippen molar-refractivity contribution in [2.24, 2.45) is 12.9 Å². The number of hydrogen-bond acceptors (Lipinski definition) is 6. The maximum atomic E-state index is 5.62. The number of hydrazine groups is 1. The summed E-state index contributed by atoms with van der Waals surface area (Å²) in [6.45, 7) is 3.61. The lowest BCUT2D eigenvalue weighted by molar-refractivity contribution is 0.455. The van der Waals surface area contributed by atoms with Crippen molar-refractivity contribution in [1.29, 1.82) is 0 Å². The van der Waals surface area contributed by atoms with Crippen molar-refractivity contribution < 1.29 is 4.74 Å². The second-order valence-corrected chi connectivity index (χ2v) is 3.65. The van der Waals surface area contributed by atoms with E-state index in [-0.39, 0.29) is 0 Å². The molecule has 0 spiro atoms. The van der Waals surface area contributed by atoms with Crippen LogP contribution in [-0.4, -0.2) is 19.7 Å². The molecule has 0 aliphatic rings. The molecule has 2 aromatic heterocycles. The van der Waals surface area contributed by atoms with E-state index in [4.69, 9.17) is 10.6 Å². The third kappa shape index (κ3) is 2.34. The normalized spacial score (nSPS) is 10.4. The number of nitrogens with zero attached hydrogens (tertiary/aromatic N) is 4. The third-order valence-corrected chi connectivity index (χ3v) is 2.25. The topological polar surface area (TPSA) is 90.9 Å². The Bertz CT molecular complexity index is 536. The van der Waals surface area contributed by atoms with Crippen molar-refractivity contribution in [3.8, 4) is 11.6 Å². The van der Waals surface area contributed by atoms with Gasteiger partial charge >= 0.3 is 0 Å². The van der Waals surface area contributed by atoms with Gasteiger partial charge in [0.2, 0.25) is 5.88 Å². The van der Waals surface area contributed by atoms with E-state index in [9.17, 15) is 0 Å². The molecule has 0 aromatic carbocycles. The Labute approximate surface area is 98.6 Å². The Morgan fingerprint density at radius 1 is 1.35 bits per heavy atom. The van der Waals surface area contributed by atoms with Crippen molar-refractivity contribution in [2.75, 3.05) is 5.43 Å². The van der Waals surface area contributed by atoms with E-state index in [1.165, 1.54) is 0 Å². The van der Waals surface area contributed by atoms with Gasteiger partial charge in [0.15, 0.2) is 5.75 Å². The van der Waals surface area contributed by atoms with Crippen LogP contribution in [0.5, 0.6) is 11.6 Å². The zero-order valence-corrected chi connectivity index (χ0v) is 9.93. The van der Waals surface area contributed by atoms with Gasteiger partial charge in [-0.3, -0.25) is 4.68 Å². The first kappa shape index (κ1) is 11.3. The molecule has 0 bridgehead atoms. The molecule has 0 saturated carbocycles. The van der Waals surface area contributed by atoms with Crippen molar-refractivity contribution >= 4 is 5.82 Å². The zero-order chi connectivity index (χ0) is 12.4. The van der Waals surface area contributed by atoms with E-state index in [0.29, 0.717) is 23.3 Å². The van der Waals surface area contributed by atoms with E-state index in [1.54, 1.807) is 24.0 Å². The van der Waals surface area contributed by atoms with Gasteiger partial charge in [0, 0.05) is 7.05 Å². The number of ether oxygens (including phenoxy) is 1. The molecule has 0 atom stereocenters. The molecule has 0 aliphatic carbocycles. The van der Waals surface area contributed by atoms with Gasteiger partial charge in [0.1, 0.15) is 11.6 Å². The Morgan fingerprint density at radius 2 is 2.12 bits per heavy atom. The third-order valence-electron chi connectivity index (χ3n) is 2.25. The highest BCUT2D eigenvalue weighted by molar-refractivity contribution is 5.48. The van der Waals surface area contributed by atoms with Crippen LogP contribution in [0.4, 0.5) is 5.82 Å². The van der Waals surface area contributed by atoms with Crippen LogP contribution in [0, 0.1) is 13.8 Å². The fourth-order valence-electron chi connectivity index (χ4n) is 1.41. The minimum atomic E-state index is 0.471. The number of nitrogens with one attached hydrogen (secondary N) is 1. The number of hydrogen-bond donors (Lipinski definition) is 2. The number of aryl methyl sites for hydroxylation is 2. The van der Waals surface area contributed by atoms with E-state index in [1.807, 2.05) is 14.0 Å². The van der Waals surface area contributed by atoms with Gasteiger partial charge in [-0.15, -0.1) is 0 Å². The van der Waals surface area contributed by atoms with Gasteiger partial charge in [0.25, 0.3) is 0 Å². The van der Waals surface area contributed by atoms with E-state index < -0.39 is 0 Å². The Balaban J connectivity index is 2.35. The highest BCUT2D eigenvalue weighted by Crippen LogP contribution is 2.25. The van der Waals surface area contributed by atoms with Crippen LogP contribution in [0.2, 0.25) is 0 Å². The van der Waals surface area contributed by atoms with E-state index in [0.717, 1.165) is 5.56 Å². The number of nitrogen functional groups attached to an aromatic ring is 1. The van der Waals surface area contributed by atoms with Crippen LogP contribution in [0.1, 0.15) is 11.4 Å². The highest BCUT2D eigenvalue weighted by atomic mass is 16.5. The fraction of sp³-hybridized carbons (Fsp3) is 0.300. The number of rotatable bonds is 3. The van der Waals surface area contributed by atoms with Gasteiger partial charge in [0.05, 0.1) is 18.0 Å². The monoisotopic (exact) mass is 234 g/mol. The summed E-state index contributed by atoms with van der Waals surface area (Å²) in [7, 11) is 1.82. The molecule has 0 radical (unpaired) electrons. The lowest BCUT2D eigenvalue weighted by Crippen LogP contribution is -2.12. The highest BCUT2D eigenvalue weighted by Gasteiger charge is 2.11.